The van der Waals surface area contributed by atoms with Gasteiger partial charge in [-0.1, -0.05) is 44.2 Å². The van der Waals surface area contributed by atoms with Gasteiger partial charge in [0.2, 0.25) is 11.8 Å². The van der Waals surface area contributed by atoms with Gasteiger partial charge in [0.1, 0.15) is 0 Å². The first-order chi connectivity index (χ1) is 9.93. The highest BCUT2D eigenvalue weighted by Crippen LogP contribution is 2.13. The number of benzene rings is 1. The molecular formula is C16H24N2O2S. The van der Waals surface area contributed by atoms with Gasteiger partial charge in [0.15, 0.2) is 0 Å². The fourth-order valence-electron chi connectivity index (χ4n) is 2.11. The highest BCUT2D eigenvalue weighted by molar-refractivity contribution is 7.80. The van der Waals surface area contributed by atoms with Crippen molar-refractivity contribution in [2.24, 2.45) is 17.6 Å². The third-order valence-electron chi connectivity index (χ3n) is 3.23. The van der Waals surface area contributed by atoms with Crippen molar-refractivity contribution in [2.45, 2.75) is 32.7 Å². The van der Waals surface area contributed by atoms with Crippen LogP contribution in [0.2, 0.25) is 0 Å². The first-order valence-corrected chi connectivity index (χ1v) is 7.82. The topological polar surface area (TPSA) is 72.2 Å². The number of thiol groups is 1. The molecule has 0 unspecified atom stereocenters. The van der Waals surface area contributed by atoms with Gasteiger partial charge in [-0.2, -0.15) is 12.6 Å². The summed E-state index contributed by atoms with van der Waals surface area (Å²) in [5.74, 6) is -0.181. The molecule has 2 atom stereocenters. The number of hydrogen-bond donors (Lipinski definition) is 3. The summed E-state index contributed by atoms with van der Waals surface area (Å²) in [6, 6.07) is 8.78. The van der Waals surface area contributed by atoms with Crippen LogP contribution >= 0.6 is 12.6 Å². The molecule has 0 bridgehead atoms. The molecular weight excluding hydrogens is 284 g/mol. The minimum absolute atomic E-state index is 0.263. The summed E-state index contributed by atoms with van der Waals surface area (Å²) in [6.07, 6.45) is 1.12. The number of nitrogens with one attached hydrogen (secondary N) is 1. The van der Waals surface area contributed by atoms with E-state index in [-0.39, 0.29) is 11.8 Å². The van der Waals surface area contributed by atoms with Gasteiger partial charge in [-0.3, -0.25) is 14.9 Å². The van der Waals surface area contributed by atoms with E-state index < -0.39 is 11.9 Å². The minimum Gasteiger partial charge on any atom is -0.320 e. The second-order valence-electron chi connectivity index (χ2n) is 5.66. The second-order valence-corrected chi connectivity index (χ2v) is 6.02. The van der Waals surface area contributed by atoms with E-state index in [0.29, 0.717) is 24.5 Å². The molecule has 21 heavy (non-hydrogen) atoms. The van der Waals surface area contributed by atoms with Crippen LogP contribution in [0.5, 0.6) is 0 Å². The highest BCUT2D eigenvalue weighted by Gasteiger charge is 2.23. The Balaban J connectivity index is 2.53. The van der Waals surface area contributed by atoms with Crippen molar-refractivity contribution in [2.75, 3.05) is 5.75 Å². The molecule has 0 spiro atoms. The molecule has 0 saturated heterocycles. The molecule has 5 heteroatoms. The van der Waals surface area contributed by atoms with E-state index in [1.54, 1.807) is 0 Å². The zero-order chi connectivity index (χ0) is 15.8. The van der Waals surface area contributed by atoms with Crippen molar-refractivity contribution < 1.29 is 9.59 Å². The Kier molecular flexibility index (Phi) is 7.47. The Morgan fingerprint density at radius 2 is 1.81 bits per heavy atom. The molecule has 0 aliphatic carbocycles. The van der Waals surface area contributed by atoms with E-state index in [9.17, 15) is 9.59 Å². The van der Waals surface area contributed by atoms with E-state index in [4.69, 9.17) is 5.73 Å². The lowest BCUT2D eigenvalue weighted by atomic mass is 9.97. The first kappa shape index (κ1) is 17.7. The molecule has 0 radical (unpaired) electrons. The molecule has 0 aromatic heterocycles. The largest absolute Gasteiger partial charge is 0.320 e. The van der Waals surface area contributed by atoms with Crippen molar-refractivity contribution in [3.05, 3.63) is 35.9 Å². The second kappa shape index (κ2) is 8.85. The van der Waals surface area contributed by atoms with Gasteiger partial charge in [0.05, 0.1) is 6.04 Å². The molecule has 116 valence electrons. The summed E-state index contributed by atoms with van der Waals surface area (Å²) in [5.41, 5.74) is 6.83. The Labute approximate surface area is 131 Å². The summed E-state index contributed by atoms with van der Waals surface area (Å²) in [5, 5.41) is 2.40. The molecule has 0 fully saturated rings. The van der Waals surface area contributed by atoms with Crippen LogP contribution in [0.15, 0.2) is 30.3 Å². The predicted octanol–water partition coefficient (Wildman–Crippen LogP) is 1.79. The summed E-state index contributed by atoms with van der Waals surface area (Å²) >= 11 is 4.18. The molecule has 1 rings (SSSR count). The lowest BCUT2D eigenvalue weighted by Gasteiger charge is -2.17. The number of carbonyl (C=O) groups is 2. The van der Waals surface area contributed by atoms with Gasteiger partial charge < -0.3 is 5.73 Å². The lowest BCUT2D eigenvalue weighted by Crippen LogP contribution is -2.47. The van der Waals surface area contributed by atoms with Crippen LogP contribution in [-0.2, 0) is 16.0 Å². The molecule has 2 amide bonds. The summed E-state index contributed by atoms with van der Waals surface area (Å²) < 4.78 is 0. The normalized spacial score (nSPS) is 13.8. The van der Waals surface area contributed by atoms with Crippen LogP contribution in [0.4, 0.5) is 0 Å². The molecule has 1 aromatic carbocycles. The predicted molar refractivity (Wildman–Crippen MR) is 88.1 cm³/mol. The van der Waals surface area contributed by atoms with Crippen LogP contribution in [0.25, 0.3) is 0 Å². The van der Waals surface area contributed by atoms with Gasteiger partial charge in [0, 0.05) is 11.7 Å². The Bertz CT molecular complexity index is 463. The molecule has 4 nitrogen and oxygen atoms in total. The molecule has 0 heterocycles. The monoisotopic (exact) mass is 308 g/mol. The fraction of sp³-hybridized carbons (Fsp3) is 0.500. The highest BCUT2D eigenvalue weighted by atomic mass is 32.1. The van der Waals surface area contributed by atoms with E-state index in [1.165, 1.54) is 0 Å². The Morgan fingerprint density at radius 1 is 1.19 bits per heavy atom. The van der Waals surface area contributed by atoms with Crippen LogP contribution in [0, 0.1) is 11.8 Å². The number of carbonyl (C=O) groups excluding carboxylic acids is 2. The molecule has 0 aliphatic heterocycles. The van der Waals surface area contributed by atoms with Crippen molar-refractivity contribution in [1.29, 1.82) is 0 Å². The lowest BCUT2D eigenvalue weighted by molar-refractivity contribution is -0.133. The average molecular weight is 308 g/mol. The van der Waals surface area contributed by atoms with E-state index in [1.807, 2.05) is 44.2 Å². The maximum atomic E-state index is 12.0. The van der Waals surface area contributed by atoms with E-state index in [2.05, 4.69) is 17.9 Å². The molecule has 0 aliphatic rings. The zero-order valence-corrected chi connectivity index (χ0v) is 13.5. The summed E-state index contributed by atoms with van der Waals surface area (Å²) in [6.45, 7) is 4.07. The minimum atomic E-state index is -0.726. The van der Waals surface area contributed by atoms with Gasteiger partial charge in [-0.05, 0) is 24.3 Å². The van der Waals surface area contributed by atoms with Gasteiger partial charge in [0.25, 0.3) is 0 Å². The standard InChI is InChI=1S/C16H24N2O2S/c1-11(2)8-13(10-21)15(19)18-16(20)14(17)9-12-6-4-3-5-7-12/h3-7,11,13-14,21H,8-10,17H2,1-2H3,(H,18,19,20)/t13-,14+/m1/s1. The van der Waals surface area contributed by atoms with Crippen LogP contribution in [0.3, 0.4) is 0 Å². The third kappa shape index (κ3) is 6.31. The maximum absolute atomic E-state index is 12.0. The van der Waals surface area contributed by atoms with Crippen LogP contribution in [-0.4, -0.2) is 23.6 Å². The molecule has 1 aromatic rings. The number of hydrogen-bond acceptors (Lipinski definition) is 4. The number of amides is 2. The number of nitrogens with two attached hydrogens (primary N) is 1. The fourth-order valence-corrected chi connectivity index (χ4v) is 2.43. The summed E-state index contributed by atoms with van der Waals surface area (Å²) in [4.78, 5) is 24.0. The van der Waals surface area contributed by atoms with Crippen LogP contribution in [0.1, 0.15) is 25.8 Å². The number of rotatable bonds is 7. The van der Waals surface area contributed by atoms with E-state index in [0.717, 1.165) is 5.56 Å². The first-order valence-electron chi connectivity index (χ1n) is 7.19. The third-order valence-corrected chi connectivity index (χ3v) is 3.67. The molecule has 3 N–H and O–H groups in total. The smallest absolute Gasteiger partial charge is 0.243 e. The quantitative estimate of drug-likeness (QED) is 0.673. The van der Waals surface area contributed by atoms with Gasteiger partial charge >= 0.3 is 0 Å². The number of imide groups is 1. The molecule has 0 saturated carbocycles. The van der Waals surface area contributed by atoms with Gasteiger partial charge in [-0.15, -0.1) is 0 Å². The van der Waals surface area contributed by atoms with Crippen molar-refractivity contribution in [3.63, 3.8) is 0 Å². The average Bonchev–Trinajstić information content (AvgIpc) is 2.45. The Morgan fingerprint density at radius 3 is 2.33 bits per heavy atom. The van der Waals surface area contributed by atoms with Crippen LogP contribution < -0.4 is 11.1 Å². The SMILES string of the molecule is CC(C)C[C@H](CS)C(=O)NC(=O)[C@@H](N)Cc1ccccc1. The van der Waals surface area contributed by atoms with E-state index >= 15 is 0 Å². The van der Waals surface area contributed by atoms with Gasteiger partial charge in [-0.25, -0.2) is 0 Å². The van der Waals surface area contributed by atoms with Crippen molar-refractivity contribution in [3.8, 4) is 0 Å². The maximum Gasteiger partial charge on any atom is 0.243 e. The zero-order valence-electron chi connectivity index (χ0n) is 12.6. The Hall–Kier alpha value is -1.33. The van der Waals surface area contributed by atoms with Crippen molar-refractivity contribution in [1.82, 2.24) is 5.32 Å². The van der Waals surface area contributed by atoms with Crippen molar-refractivity contribution >= 4 is 24.4 Å². The summed E-state index contributed by atoms with van der Waals surface area (Å²) in [7, 11) is 0.